The molecule has 0 saturated carbocycles. The van der Waals surface area contributed by atoms with E-state index in [2.05, 4.69) is 22.2 Å². The molecular formula is C17H22N4O. The van der Waals surface area contributed by atoms with Gasteiger partial charge in [-0.3, -0.25) is 4.79 Å². The highest BCUT2D eigenvalue weighted by atomic mass is 16.2. The summed E-state index contributed by atoms with van der Waals surface area (Å²) in [5, 5.41) is 3.20. The van der Waals surface area contributed by atoms with Crippen LogP contribution in [0.15, 0.2) is 36.4 Å². The Kier molecular flexibility index (Phi) is 5.47. The molecule has 0 aliphatic carbocycles. The topological polar surface area (TPSA) is 58.1 Å². The second-order valence-corrected chi connectivity index (χ2v) is 5.26. The summed E-state index contributed by atoms with van der Waals surface area (Å²) in [4.78, 5) is 22.8. The van der Waals surface area contributed by atoms with Crippen molar-refractivity contribution in [3.8, 4) is 0 Å². The maximum Gasteiger partial charge on any atom is 0.272 e. The van der Waals surface area contributed by atoms with E-state index < -0.39 is 0 Å². The largest absolute Gasteiger partial charge is 0.370 e. The lowest BCUT2D eigenvalue weighted by molar-refractivity contribution is 0.0779. The van der Waals surface area contributed by atoms with Gasteiger partial charge in [-0.05, 0) is 18.9 Å². The lowest BCUT2D eigenvalue weighted by atomic mass is 10.2. The zero-order valence-electron chi connectivity index (χ0n) is 13.3. The van der Waals surface area contributed by atoms with E-state index in [9.17, 15) is 4.79 Å². The molecule has 0 radical (unpaired) electrons. The Morgan fingerprint density at radius 2 is 1.95 bits per heavy atom. The van der Waals surface area contributed by atoms with Gasteiger partial charge in [-0.1, -0.05) is 37.3 Å². The average Bonchev–Trinajstić information content (AvgIpc) is 2.52. The predicted molar refractivity (Wildman–Crippen MR) is 87.8 cm³/mol. The van der Waals surface area contributed by atoms with Crippen LogP contribution in [0, 0.1) is 6.92 Å². The Labute approximate surface area is 131 Å². The minimum absolute atomic E-state index is 0.103. The second kappa shape index (κ2) is 7.54. The minimum Gasteiger partial charge on any atom is -0.370 e. The lowest BCUT2D eigenvalue weighted by Gasteiger charge is -2.17. The normalized spacial score (nSPS) is 10.3. The maximum absolute atomic E-state index is 12.5. The fourth-order valence-corrected chi connectivity index (χ4v) is 2.15. The van der Waals surface area contributed by atoms with Gasteiger partial charge in [0.2, 0.25) is 0 Å². The first-order valence-corrected chi connectivity index (χ1v) is 7.49. The fourth-order valence-electron chi connectivity index (χ4n) is 2.15. The molecule has 1 amide bonds. The molecule has 2 aromatic rings. The van der Waals surface area contributed by atoms with Gasteiger partial charge in [0.05, 0.1) is 0 Å². The molecule has 5 nitrogen and oxygen atoms in total. The SMILES string of the molecule is CCCNc1cc(C(=O)N(C)Cc2ccccc2)nc(C)n1. The molecular weight excluding hydrogens is 276 g/mol. The highest BCUT2D eigenvalue weighted by Crippen LogP contribution is 2.11. The number of nitrogens with one attached hydrogen (secondary N) is 1. The number of carbonyl (C=O) groups is 1. The Balaban J connectivity index is 2.12. The standard InChI is InChI=1S/C17H22N4O/c1-4-10-18-16-11-15(19-13(2)20-16)17(22)21(3)12-14-8-6-5-7-9-14/h5-9,11H,4,10,12H2,1-3H3,(H,18,19,20). The molecule has 0 atom stereocenters. The summed E-state index contributed by atoms with van der Waals surface area (Å²) in [5.41, 5.74) is 1.51. The van der Waals surface area contributed by atoms with Crippen molar-refractivity contribution in [1.29, 1.82) is 0 Å². The monoisotopic (exact) mass is 298 g/mol. The summed E-state index contributed by atoms with van der Waals surface area (Å²) >= 11 is 0. The molecule has 1 aromatic carbocycles. The number of hydrogen-bond acceptors (Lipinski definition) is 4. The number of benzene rings is 1. The summed E-state index contributed by atoms with van der Waals surface area (Å²) in [6.07, 6.45) is 1.00. The minimum atomic E-state index is -0.103. The molecule has 2 rings (SSSR count). The number of hydrogen-bond donors (Lipinski definition) is 1. The van der Waals surface area contributed by atoms with Gasteiger partial charge < -0.3 is 10.2 Å². The summed E-state index contributed by atoms with van der Waals surface area (Å²) < 4.78 is 0. The first-order chi connectivity index (χ1) is 10.6. The van der Waals surface area contributed by atoms with E-state index in [4.69, 9.17) is 0 Å². The van der Waals surface area contributed by atoms with Crippen LogP contribution in [0.25, 0.3) is 0 Å². The molecule has 5 heteroatoms. The van der Waals surface area contributed by atoms with Crippen molar-refractivity contribution in [2.75, 3.05) is 18.9 Å². The van der Waals surface area contributed by atoms with Crippen LogP contribution in [0.3, 0.4) is 0 Å². The smallest absolute Gasteiger partial charge is 0.272 e. The number of anilines is 1. The molecule has 0 spiro atoms. The van der Waals surface area contributed by atoms with Gasteiger partial charge in [0, 0.05) is 26.2 Å². The van der Waals surface area contributed by atoms with Crippen LogP contribution in [-0.4, -0.2) is 34.4 Å². The highest BCUT2D eigenvalue weighted by Gasteiger charge is 2.15. The quantitative estimate of drug-likeness (QED) is 0.891. The van der Waals surface area contributed by atoms with Crippen LogP contribution in [0.4, 0.5) is 5.82 Å². The molecule has 0 fully saturated rings. The van der Waals surface area contributed by atoms with Crippen molar-refractivity contribution in [1.82, 2.24) is 14.9 Å². The van der Waals surface area contributed by atoms with Crippen LogP contribution in [0.1, 0.15) is 35.2 Å². The number of aryl methyl sites for hydroxylation is 1. The Morgan fingerprint density at radius 3 is 2.64 bits per heavy atom. The Bertz CT molecular complexity index is 628. The molecule has 0 aliphatic heterocycles. The third kappa shape index (κ3) is 4.28. The molecule has 22 heavy (non-hydrogen) atoms. The van der Waals surface area contributed by atoms with Crippen LogP contribution in [0.2, 0.25) is 0 Å². The van der Waals surface area contributed by atoms with E-state index in [1.165, 1.54) is 0 Å². The summed E-state index contributed by atoms with van der Waals surface area (Å²) in [6.45, 7) is 5.26. The van der Waals surface area contributed by atoms with Gasteiger partial charge in [0.25, 0.3) is 5.91 Å². The Morgan fingerprint density at radius 1 is 1.23 bits per heavy atom. The summed E-state index contributed by atoms with van der Waals surface area (Å²) in [5.74, 6) is 1.19. The van der Waals surface area contributed by atoms with E-state index in [-0.39, 0.29) is 5.91 Å². The van der Waals surface area contributed by atoms with Gasteiger partial charge in [0.1, 0.15) is 17.3 Å². The Hall–Kier alpha value is -2.43. The van der Waals surface area contributed by atoms with Gasteiger partial charge in [-0.2, -0.15) is 0 Å². The maximum atomic E-state index is 12.5. The number of rotatable bonds is 6. The van der Waals surface area contributed by atoms with Gasteiger partial charge >= 0.3 is 0 Å². The van der Waals surface area contributed by atoms with E-state index >= 15 is 0 Å². The van der Waals surface area contributed by atoms with E-state index in [1.54, 1.807) is 24.9 Å². The van der Waals surface area contributed by atoms with E-state index in [1.807, 2.05) is 30.3 Å². The third-order valence-electron chi connectivity index (χ3n) is 3.22. The van der Waals surface area contributed by atoms with Crippen molar-refractivity contribution in [2.45, 2.75) is 26.8 Å². The van der Waals surface area contributed by atoms with Crippen molar-refractivity contribution in [3.63, 3.8) is 0 Å². The zero-order valence-corrected chi connectivity index (χ0v) is 13.3. The van der Waals surface area contributed by atoms with Gasteiger partial charge in [-0.25, -0.2) is 9.97 Å². The first-order valence-electron chi connectivity index (χ1n) is 7.49. The number of amides is 1. The van der Waals surface area contributed by atoms with E-state index in [0.29, 0.717) is 23.9 Å². The fraction of sp³-hybridized carbons (Fsp3) is 0.353. The first kappa shape index (κ1) is 15.9. The van der Waals surface area contributed by atoms with Gasteiger partial charge in [0.15, 0.2) is 0 Å². The molecule has 0 bridgehead atoms. The van der Waals surface area contributed by atoms with Crippen LogP contribution < -0.4 is 5.32 Å². The van der Waals surface area contributed by atoms with Crippen LogP contribution >= 0.6 is 0 Å². The molecule has 0 unspecified atom stereocenters. The molecule has 1 aromatic heterocycles. The zero-order chi connectivity index (χ0) is 15.9. The number of aromatic nitrogens is 2. The lowest BCUT2D eigenvalue weighted by Crippen LogP contribution is -2.27. The van der Waals surface area contributed by atoms with Crippen LogP contribution in [-0.2, 0) is 6.54 Å². The van der Waals surface area contributed by atoms with Crippen molar-refractivity contribution in [3.05, 3.63) is 53.5 Å². The molecule has 0 aliphatic rings. The molecule has 1 N–H and O–H groups in total. The third-order valence-corrected chi connectivity index (χ3v) is 3.22. The van der Waals surface area contributed by atoms with Gasteiger partial charge in [-0.15, -0.1) is 0 Å². The molecule has 116 valence electrons. The summed E-state index contributed by atoms with van der Waals surface area (Å²) in [7, 11) is 1.78. The number of nitrogens with zero attached hydrogens (tertiary/aromatic N) is 3. The van der Waals surface area contributed by atoms with E-state index in [0.717, 1.165) is 18.5 Å². The highest BCUT2D eigenvalue weighted by molar-refractivity contribution is 5.92. The van der Waals surface area contributed by atoms with Crippen molar-refractivity contribution in [2.24, 2.45) is 0 Å². The number of carbonyl (C=O) groups excluding carboxylic acids is 1. The van der Waals surface area contributed by atoms with Crippen LogP contribution in [0.5, 0.6) is 0 Å². The molecule has 1 heterocycles. The molecule has 0 saturated heterocycles. The summed E-state index contributed by atoms with van der Waals surface area (Å²) in [6, 6.07) is 11.6. The van der Waals surface area contributed by atoms with Crippen molar-refractivity contribution < 1.29 is 4.79 Å². The predicted octanol–water partition coefficient (Wildman–Crippen LogP) is 2.88. The second-order valence-electron chi connectivity index (χ2n) is 5.26. The van der Waals surface area contributed by atoms with Crippen molar-refractivity contribution >= 4 is 11.7 Å². The average molecular weight is 298 g/mol.